The predicted octanol–water partition coefficient (Wildman–Crippen LogP) is 3.01. The third-order valence-electron chi connectivity index (χ3n) is 6.32. The second-order valence-corrected chi connectivity index (χ2v) is 7.81. The van der Waals surface area contributed by atoms with E-state index >= 15 is 0 Å². The molecule has 3 atom stereocenters. The molecule has 0 spiro atoms. The Kier molecular flexibility index (Phi) is 4.63. The van der Waals surface area contributed by atoms with Crippen LogP contribution in [-0.4, -0.2) is 51.6 Å². The number of likely N-dealkylation sites (N-methyl/N-ethyl adjacent to an activating group) is 1. The number of aliphatic hydroxyl groups is 1. The average Bonchev–Trinajstić information content (AvgIpc) is 2.71. The monoisotopic (exact) mass is 386 g/mol. The molecule has 6 nitrogen and oxygen atoms in total. The average molecular weight is 386 g/mol. The van der Waals surface area contributed by atoms with Gasteiger partial charge in [-0.2, -0.15) is 0 Å². The van der Waals surface area contributed by atoms with E-state index in [1.54, 1.807) is 28.4 Å². The maximum Gasteiger partial charge on any atom is 0.161 e. The first-order valence-electron chi connectivity index (χ1n) is 9.47. The zero-order valence-corrected chi connectivity index (χ0v) is 17.1. The minimum Gasteiger partial charge on any atom is -0.493 e. The SMILES string of the molecule is COc1cc2c(cc1OC)[C@@H]1[C@@H](O)c3cc(OC)c(OC)cc3C[N+]1(C)CC2. The zero-order chi connectivity index (χ0) is 20.1. The summed E-state index contributed by atoms with van der Waals surface area (Å²) in [7, 11) is 8.77. The van der Waals surface area contributed by atoms with Crippen molar-refractivity contribution in [2.75, 3.05) is 42.0 Å². The summed E-state index contributed by atoms with van der Waals surface area (Å²) in [5.41, 5.74) is 4.34. The number of benzene rings is 2. The number of methoxy groups -OCH3 is 4. The molecule has 2 aliphatic rings. The number of hydrogen-bond acceptors (Lipinski definition) is 5. The molecule has 6 heteroatoms. The molecular formula is C22H28NO5+. The molecule has 0 radical (unpaired) electrons. The highest BCUT2D eigenvalue weighted by Crippen LogP contribution is 2.52. The first kappa shape index (κ1) is 18.9. The third kappa shape index (κ3) is 2.71. The minimum absolute atomic E-state index is 0.0749. The fraction of sp³-hybridized carbons (Fsp3) is 0.455. The molecule has 2 aromatic carbocycles. The lowest BCUT2D eigenvalue weighted by Crippen LogP contribution is -2.54. The van der Waals surface area contributed by atoms with Crippen LogP contribution < -0.4 is 18.9 Å². The summed E-state index contributed by atoms with van der Waals surface area (Å²) in [6.07, 6.45) is 0.281. The Hall–Kier alpha value is -2.44. The summed E-state index contributed by atoms with van der Waals surface area (Å²) in [5, 5.41) is 11.5. The van der Waals surface area contributed by atoms with Gasteiger partial charge in [-0.05, 0) is 35.4 Å². The van der Waals surface area contributed by atoms with Crippen molar-refractivity contribution in [2.45, 2.75) is 25.1 Å². The molecule has 1 N–H and O–H groups in total. The van der Waals surface area contributed by atoms with Gasteiger partial charge < -0.3 is 28.5 Å². The van der Waals surface area contributed by atoms with Crippen LogP contribution in [0.3, 0.4) is 0 Å². The molecule has 2 aliphatic heterocycles. The minimum atomic E-state index is -0.647. The number of quaternary nitrogens is 1. The van der Waals surface area contributed by atoms with Gasteiger partial charge in [-0.25, -0.2) is 0 Å². The van der Waals surface area contributed by atoms with E-state index < -0.39 is 6.10 Å². The second-order valence-electron chi connectivity index (χ2n) is 7.81. The van der Waals surface area contributed by atoms with E-state index in [9.17, 15) is 5.11 Å². The van der Waals surface area contributed by atoms with E-state index in [-0.39, 0.29) is 6.04 Å². The molecule has 2 heterocycles. The van der Waals surface area contributed by atoms with Crippen LogP contribution in [0.25, 0.3) is 0 Å². The van der Waals surface area contributed by atoms with E-state index in [4.69, 9.17) is 18.9 Å². The second kappa shape index (κ2) is 6.87. The Morgan fingerprint density at radius 1 is 0.786 bits per heavy atom. The van der Waals surface area contributed by atoms with Gasteiger partial charge >= 0.3 is 0 Å². The van der Waals surface area contributed by atoms with Crippen LogP contribution >= 0.6 is 0 Å². The van der Waals surface area contributed by atoms with Crippen molar-refractivity contribution in [2.24, 2.45) is 0 Å². The summed E-state index contributed by atoms with van der Waals surface area (Å²) >= 11 is 0. The molecule has 0 aromatic heterocycles. The van der Waals surface area contributed by atoms with Gasteiger partial charge in [0, 0.05) is 17.5 Å². The van der Waals surface area contributed by atoms with E-state index in [1.165, 1.54) is 5.56 Å². The quantitative estimate of drug-likeness (QED) is 0.819. The molecule has 1 unspecified atom stereocenters. The van der Waals surface area contributed by atoms with Gasteiger partial charge in [0.05, 0.1) is 42.0 Å². The highest BCUT2D eigenvalue weighted by Gasteiger charge is 2.49. The van der Waals surface area contributed by atoms with Crippen LogP contribution in [0.4, 0.5) is 0 Å². The van der Waals surface area contributed by atoms with Crippen LogP contribution in [0.1, 0.15) is 34.4 Å². The largest absolute Gasteiger partial charge is 0.493 e. The van der Waals surface area contributed by atoms with Crippen molar-refractivity contribution in [3.05, 3.63) is 46.5 Å². The lowest BCUT2D eigenvalue weighted by molar-refractivity contribution is -0.960. The number of hydrogen-bond donors (Lipinski definition) is 1. The van der Waals surface area contributed by atoms with E-state index in [0.29, 0.717) is 17.2 Å². The van der Waals surface area contributed by atoms with Crippen molar-refractivity contribution < 1.29 is 28.5 Å². The molecular weight excluding hydrogens is 358 g/mol. The molecule has 0 amide bonds. The lowest BCUT2D eigenvalue weighted by Gasteiger charge is -2.50. The van der Waals surface area contributed by atoms with Crippen molar-refractivity contribution in [1.29, 1.82) is 0 Å². The molecule has 0 saturated heterocycles. The summed E-state index contributed by atoms with van der Waals surface area (Å²) < 4.78 is 22.7. The maximum absolute atomic E-state index is 11.5. The number of fused-ring (bicyclic) bond motifs is 4. The van der Waals surface area contributed by atoms with Gasteiger partial charge in [-0.15, -0.1) is 0 Å². The topological polar surface area (TPSA) is 57.2 Å². The van der Waals surface area contributed by atoms with Crippen LogP contribution in [0.5, 0.6) is 23.0 Å². The molecule has 4 rings (SSSR count). The molecule has 0 saturated carbocycles. The fourth-order valence-electron chi connectivity index (χ4n) is 4.88. The van der Waals surface area contributed by atoms with Crippen LogP contribution in [0, 0.1) is 0 Å². The molecule has 0 bridgehead atoms. The van der Waals surface area contributed by atoms with Gasteiger partial charge in [0.15, 0.2) is 23.0 Å². The van der Waals surface area contributed by atoms with Crippen molar-refractivity contribution >= 4 is 0 Å². The van der Waals surface area contributed by atoms with E-state index in [0.717, 1.165) is 46.4 Å². The van der Waals surface area contributed by atoms with Gasteiger partial charge in [-0.1, -0.05) is 0 Å². The molecule has 0 aliphatic carbocycles. The highest BCUT2D eigenvalue weighted by atomic mass is 16.5. The summed E-state index contributed by atoms with van der Waals surface area (Å²) in [6, 6.07) is 7.92. The zero-order valence-electron chi connectivity index (χ0n) is 17.1. The Morgan fingerprint density at radius 2 is 1.29 bits per heavy atom. The van der Waals surface area contributed by atoms with E-state index in [1.807, 2.05) is 18.2 Å². The summed E-state index contributed by atoms with van der Waals surface area (Å²) in [4.78, 5) is 0. The van der Waals surface area contributed by atoms with Gasteiger partial charge in [-0.3, -0.25) is 0 Å². The van der Waals surface area contributed by atoms with Crippen LogP contribution in [0.15, 0.2) is 24.3 Å². The standard InChI is InChI=1S/C22H28NO5/c1-23-7-6-13-8-17(25-2)19(27-4)10-15(13)21(23)22(24)16-11-20(28-5)18(26-3)9-14(16)12-23/h8-11,21-22,24H,6-7,12H2,1-5H3/q+1/t21-,22+,23?/m1/s1. The van der Waals surface area contributed by atoms with Gasteiger partial charge in [0.1, 0.15) is 18.7 Å². The number of ether oxygens (including phenoxy) is 4. The first-order valence-corrected chi connectivity index (χ1v) is 9.47. The number of aliphatic hydroxyl groups excluding tert-OH is 1. The molecule has 2 aromatic rings. The predicted molar refractivity (Wildman–Crippen MR) is 105 cm³/mol. The van der Waals surface area contributed by atoms with Crippen LogP contribution in [0.2, 0.25) is 0 Å². The maximum atomic E-state index is 11.5. The Labute approximate surface area is 165 Å². The normalized spacial score (nSPS) is 25.2. The smallest absolute Gasteiger partial charge is 0.161 e. The summed E-state index contributed by atoms with van der Waals surface area (Å²) in [5.74, 6) is 2.76. The van der Waals surface area contributed by atoms with Crippen molar-refractivity contribution in [3.8, 4) is 23.0 Å². The molecule has 28 heavy (non-hydrogen) atoms. The fourth-order valence-corrected chi connectivity index (χ4v) is 4.88. The van der Waals surface area contributed by atoms with E-state index in [2.05, 4.69) is 13.1 Å². The van der Waals surface area contributed by atoms with Crippen molar-refractivity contribution in [3.63, 3.8) is 0 Å². The number of nitrogens with zero attached hydrogens (tertiary/aromatic N) is 1. The third-order valence-corrected chi connectivity index (χ3v) is 6.32. The highest BCUT2D eigenvalue weighted by molar-refractivity contribution is 5.52. The molecule has 150 valence electrons. The van der Waals surface area contributed by atoms with Crippen LogP contribution in [-0.2, 0) is 13.0 Å². The Balaban J connectivity index is 1.87. The number of rotatable bonds is 4. The Morgan fingerprint density at radius 3 is 1.86 bits per heavy atom. The van der Waals surface area contributed by atoms with Crippen molar-refractivity contribution in [1.82, 2.24) is 0 Å². The van der Waals surface area contributed by atoms with Gasteiger partial charge in [0.2, 0.25) is 0 Å². The first-order chi connectivity index (χ1) is 13.5. The van der Waals surface area contributed by atoms with Gasteiger partial charge in [0.25, 0.3) is 0 Å². The Bertz CT molecular complexity index is 912. The summed E-state index contributed by atoms with van der Waals surface area (Å²) in [6.45, 7) is 1.77. The molecule has 0 fully saturated rings. The lowest BCUT2D eigenvalue weighted by atomic mass is 9.80.